The first-order valence-electron chi connectivity index (χ1n) is 7.06. The van der Waals surface area contributed by atoms with Crippen LogP contribution in [0.4, 0.5) is 5.69 Å². The first-order chi connectivity index (χ1) is 9.89. The lowest BCUT2D eigenvalue weighted by atomic mass is 9.91. The number of hydrogen-bond donors (Lipinski definition) is 2. The van der Waals surface area contributed by atoms with E-state index in [4.69, 9.17) is 0 Å². The van der Waals surface area contributed by atoms with E-state index in [9.17, 15) is 20.0 Å². The van der Waals surface area contributed by atoms with Crippen LogP contribution in [0.2, 0.25) is 0 Å². The number of benzene rings is 1. The minimum absolute atomic E-state index is 0.0356. The zero-order valence-electron chi connectivity index (χ0n) is 12.6. The molecule has 0 spiro atoms. The second-order valence-electron chi connectivity index (χ2n) is 5.21. The van der Waals surface area contributed by atoms with Crippen molar-refractivity contribution in [2.45, 2.75) is 45.1 Å². The molecule has 0 saturated carbocycles. The van der Waals surface area contributed by atoms with Crippen LogP contribution in [0.3, 0.4) is 0 Å². The summed E-state index contributed by atoms with van der Waals surface area (Å²) in [6.07, 6.45) is 1.24. The van der Waals surface area contributed by atoms with Gasteiger partial charge in [-0.3, -0.25) is 14.9 Å². The van der Waals surface area contributed by atoms with E-state index in [2.05, 4.69) is 5.32 Å². The Morgan fingerprint density at radius 3 is 2.52 bits per heavy atom. The highest BCUT2D eigenvalue weighted by Crippen LogP contribution is 2.23. The van der Waals surface area contributed by atoms with Crippen molar-refractivity contribution < 1.29 is 14.8 Å². The molecule has 0 radical (unpaired) electrons. The normalized spacial score (nSPS) is 12.8. The fourth-order valence-electron chi connectivity index (χ4n) is 2.12. The molecule has 1 rings (SSSR count). The maximum Gasteiger partial charge on any atom is 0.269 e. The van der Waals surface area contributed by atoms with E-state index in [1.165, 1.54) is 12.1 Å². The van der Waals surface area contributed by atoms with E-state index in [0.717, 1.165) is 0 Å². The number of amides is 1. The molecule has 6 nitrogen and oxygen atoms in total. The van der Waals surface area contributed by atoms with Crippen LogP contribution in [0.1, 0.15) is 45.1 Å². The summed E-state index contributed by atoms with van der Waals surface area (Å²) in [6.45, 7) is 5.37. The minimum atomic E-state index is -0.633. The van der Waals surface area contributed by atoms with E-state index in [1.54, 1.807) is 19.1 Å². The highest BCUT2D eigenvalue weighted by Gasteiger charge is 2.29. The maximum absolute atomic E-state index is 12.3. The molecule has 0 aliphatic rings. The number of nitrogens with zero attached hydrogens (tertiary/aromatic N) is 1. The summed E-state index contributed by atoms with van der Waals surface area (Å²) < 4.78 is 0. The molecule has 6 heteroatoms. The van der Waals surface area contributed by atoms with Crippen LogP contribution in [-0.4, -0.2) is 28.1 Å². The van der Waals surface area contributed by atoms with Gasteiger partial charge in [0.15, 0.2) is 0 Å². The molecule has 0 heterocycles. The summed E-state index contributed by atoms with van der Waals surface area (Å²) in [5, 5.41) is 23.1. The Balaban J connectivity index is 2.92. The molecular formula is C15H22N2O4. The number of aliphatic hydroxyl groups excluding tert-OH is 1. The van der Waals surface area contributed by atoms with Crippen molar-refractivity contribution in [2.75, 3.05) is 6.61 Å². The predicted octanol–water partition coefficient (Wildman–Crippen LogP) is 2.37. The van der Waals surface area contributed by atoms with Gasteiger partial charge in [0.05, 0.1) is 23.0 Å². The molecule has 1 amide bonds. The maximum atomic E-state index is 12.3. The van der Waals surface area contributed by atoms with Crippen molar-refractivity contribution in [3.8, 4) is 0 Å². The lowest BCUT2D eigenvalue weighted by Gasteiger charge is -2.32. The molecular weight excluding hydrogens is 272 g/mol. The molecule has 1 unspecified atom stereocenters. The highest BCUT2D eigenvalue weighted by atomic mass is 16.6. The third-order valence-electron chi connectivity index (χ3n) is 4.02. The summed E-state index contributed by atoms with van der Waals surface area (Å²) >= 11 is 0. The van der Waals surface area contributed by atoms with Gasteiger partial charge in [0.2, 0.25) is 5.91 Å². The molecule has 21 heavy (non-hydrogen) atoms. The van der Waals surface area contributed by atoms with E-state index >= 15 is 0 Å². The number of hydrogen-bond acceptors (Lipinski definition) is 4. The second-order valence-corrected chi connectivity index (χ2v) is 5.21. The van der Waals surface area contributed by atoms with Gasteiger partial charge in [0.1, 0.15) is 0 Å². The fraction of sp³-hybridized carbons (Fsp3) is 0.533. The van der Waals surface area contributed by atoms with Crippen LogP contribution < -0.4 is 5.32 Å². The first-order valence-corrected chi connectivity index (χ1v) is 7.06. The number of carbonyl (C=O) groups excluding carboxylic acids is 1. The molecule has 116 valence electrons. The Morgan fingerprint density at radius 1 is 1.43 bits per heavy atom. The van der Waals surface area contributed by atoms with Crippen LogP contribution in [0, 0.1) is 10.1 Å². The predicted molar refractivity (Wildman–Crippen MR) is 80.1 cm³/mol. The Morgan fingerprint density at radius 2 is 2.05 bits per heavy atom. The third kappa shape index (κ3) is 4.01. The molecule has 0 saturated heterocycles. The second kappa shape index (κ2) is 7.17. The third-order valence-corrected chi connectivity index (χ3v) is 4.02. The molecule has 1 aromatic carbocycles. The molecule has 0 bridgehead atoms. The number of aliphatic hydroxyl groups is 1. The van der Waals surface area contributed by atoms with Gasteiger partial charge in [-0.25, -0.2) is 0 Å². The van der Waals surface area contributed by atoms with Crippen molar-refractivity contribution in [1.29, 1.82) is 0 Å². The van der Waals surface area contributed by atoms with Crippen LogP contribution in [0.5, 0.6) is 0 Å². The number of nitro benzene ring substituents is 1. The fourth-order valence-corrected chi connectivity index (χ4v) is 2.12. The monoisotopic (exact) mass is 294 g/mol. The number of carbonyl (C=O) groups is 1. The van der Waals surface area contributed by atoms with E-state index in [-0.39, 0.29) is 18.2 Å². The SMILES string of the molecule is CCC(CC)(CO)NC(=O)C(C)c1cccc([N+](=O)[O-])c1. The number of rotatable bonds is 7. The van der Waals surface area contributed by atoms with E-state index < -0.39 is 16.4 Å². The lowest BCUT2D eigenvalue weighted by molar-refractivity contribution is -0.384. The van der Waals surface area contributed by atoms with Gasteiger partial charge >= 0.3 is 0 Å². The Labute approximate surface area is 124 Å². The van der Waals surface area contributed by atoms with Gasteiger partial charge in [-0.2, -0.15) is 0 Å². The first kappa shape index (κ1) is 17.1. The van der Waals surface area contributed by atoms with Gasteiger partial charge in [-0.05, 0) is 25.3 Å². The van der Waals surface area contributed by atoms with Crippen LogP contribution >= 0.6 is 0 Å². The van der Waals surface area contributed by atoms with Crippen molar-refractivity contribution in [1.82, 2.24) is 5.32 Å². The summed E-state index contributed by atoms with van der Waals surface area (Å²) in [5.74, 6) is -0.762. The van der Waals surface area contributed by atoms with E-state index in [0.29, 0.717) is 18.4 Å². The summed E-state index contributed by atoms with van der Waals surface area (Å²) in [5.41, 5.74) is -0.0845. The quantitative estimate of drug-likeness (QED) is 0.596. The zero-order chi connectivity index (χ0) is 16.0. The zero-order valence-corrected chi connectivity index (χ0v) is 12.6. The number of non-ortho nitro benzene ring substituents is 1. The number of nitro groups is 1. The van der Waals surface area contributed by atoms with Gasteiger partial charge < -0.3 is 10.4 Å². The lowest BCUT2D eigenvalue weighted by Crippen LogP contribution is -2.51. The molecule has 0 aliphatic heterocycles. The standard InChI is InChI=1S/C15H22N2O4/c1-4-15(5-2,10-18)16-14(19)11(3)12-7-6-8-13(9-12)17(20)21/h6-9,11,18H,4-5,10H2,1-3H3,(H,16,19). The minimum Gasteiger partial charge on any atom is -0.394 e. The van der Waals surface area contributed by atoms with Gasteiger partial charge in [0, 0.05) is 12.1 Å². The highest BCUT2D eigenvalue weighted by molar-refractivity contribution is 5.84. The van der Waals surface area contributed by atoms with Crippen molar-refractivity contribution in [3.05, 3.63) is 39.9 Å². The Bertz CT molecular complexity index is 504. The van der Waals surface area contributed by atoms with Crippen molar-refractivity contribution in [2.24, 2.45) is 0 Å². The number of nitrogens with one attached hydrogen (secondary N) is 1. The van der Waals surface area contributed by atoms with Gasteiger partial charge in [-0.1, -0.05) is 26.0 Å². The molecule has 2 N–H and O–H groups in total. The molecule has 1 aromatic rings. The largest absolute Gasteiger partial charge is 0.394 e. The van der Waals surface area contributed by atoms with Crippen molar-refractivity contribution >= 4 is 11.6 Å². The molecule has 0 fully saturated rings. The molecule has 0 aliphatic carbocycles. The average molecular weight is 294 g/mol. The van der Waals surface area contributed by atoms with Gasteiger partial charge in [0.25, 0.3) is 5.69 Å². The molecule has 1 atom stereocenters. The smallest absolute Gasteiger partial charge is 0.269 e. The topological polar surface area (TPSA) is 92.5 Å². The van der Waals surface area contributed by atoms with Gasteiger partial charge in [-0.15, -0.1) is 0 Å². The van der Waals surface area contributed by atoms with Crippen LogP contribution in [0.15, 0.2) is 24.3 Å². The van der Waals surface area contributed by atoms with Crippen LogP contribution in [0.25, 0.3) is 0 Å². The Kier molecular flexibility index (Phi) is 5.84. The van der Waals surface area contributed by atoms with E-state index in [1.807, 2.05) is 13.8 Å². The summed E-state index contributed by atoms with van der Waals surface area (Å²) in [6, 6.07) is 6.05. The summed E-state index contributed by atoms with van der Waals surface area (Å²) in [7, 11) is 0. The molecule has 0 aromatic heterocycles. The summed E-state index contributed by atoms with van der Waals surface area (Å²) in [4.78, 5) is 22.6. The van der Waals surface area contributed by atoms with Crippen LogP contribution in [-0.2, 0) is 4.79 Å². The average Bonchev–Trinajstić information content (AvgIpc) is 2.52. The Hall–Kier alpha value is -1.95. The van der Waals surface area contributed by atoms with Crippen molar-refractivity contribution in [3.63, 3.8) is 0 Å².